The van der Waals surface area contributed by atoms with Crippen LogP contribution in [0.1, 0.15) is 5.56 Å². The highest BCUT2D eigenvalue weighted by Crippen LogP contribution is 2.26. The molecule has 1 aliphatic heterocycles. The highest BCUT2D eigenvalue weighted by atomic mass is 16.6. The maximum atomic E-state index is 10.6. The SMILES string of the molecule is Cc1cc([N+](=O)[O-])ccc1N[C@@H]1O[C@H](CO)[C@@H](O)[C@@H]1O. The second-order valence-electron chi connectivity index (χ2n) is 4.66. The number of nitrogens with one attached hydrogen (secondary N) is 1. The summed E-state index contributed by atoms with van der Waals surface area (Å²) in [5.74, 6) is 0. The molecule has 1 fully saturated rings. The van der Waals surface area contributed by atoms with Crippen molar-refractivity contribution >= 4 is 11.4 Å². The Morgan fingerprint density at radius 3 is 2.60 bits per heavy atom. The van der Waals surface area contributed by atoms with Crippen LogP contribution in [0.2, 0.25) is 0 Å². The smallest absolute Gasteiger partial charge is 0.269 e. The third kappa shape index (κ3) is 2.73. The van der Waals surface area contributed by atoms with Gasteiger partial charge in [0.05, 0.1) is 11.5 Å². The number of nitro benzene ring substituents is 1. The average Bonchev–Trinajstić information content (AvgIpc) is 2.68. The lowest BCUT2D eigenvalue weighted by atomic mass is 10.1. The molecule has 0 radical (unpaired) electrons. The number of non-ortho nitro benzene ring substituents is 1. The molecule has 0 unspecified atom stereocenters. The van der Waals surface area contributed by atoms with Gasteiger partial charge in [-0.3, -0.25) is 10.1 Å². The van der Waals surface area contributed by atoms with E-state index in [0.717, 1.165) is 0 Å². The molecule has 1 aliphatic rings. The van der Waals surface area contributed by atoms with Gasteiger partial charge in [0.1, 0.15) is 18.3 Å². The molecule has 8 heteroatoms. The summed E-state index contributed by atoms with van der Waals surface area (Å²) in [5, 5.41) is 41.9. The molecule has 0 aliphatic carbocycles. The highest BCUT2D eigenvalue weighted by Gasteiger charge is 2.42. The maximum Gasteiger partial charge on any atom is 0.269 e. The van der Waals surface area contributed by atoms with E-state index in [1.807, 2.05) is 0 Å². The topological polar surface area (TPSA) is 125 Å². The first-order valence-corrected chi connectivity index (χ1v) is 6.08. The van der Waals surface area contributed by atoms with E-state index in [1.165, 1.54) is 18.2 Å². The van der Waals surface area contributed by atoms with Crippen molar-refractivity contribution in [3.05, 3.63) is 33.9 Å². The number of anilines is 1. The van der Waals surface area contributed by atoms with Crippen LogP contribution in [0.15, 0.2) is 18.2 Å². The molecule has 20 heavy (non-hydrogen) atoms. The number of aliphatic hydroxyl groups excluding tert-OH is 3. The zero-order chi connectivity index (χ0) is 14.9. The van der Waals surface area contributed by atoms with Crippen molar-refractivity contribution in [3.63, 3.8) is 0 Å². The van der Waals surface area contributed by atoms with Crippen LogP contribution < -0.4 is 5.32 Å². The van der Waals surface area contributed by atoms with E-state index >= 15 is 0 Å². The van der Waals surface area contributed by atoms with Gasteiger partial charge in [0.15, 0.2) is 6.23 Å². The van der Waals surface area contributed by atoms with Crippen molar-refractivity contribution in [1.29, 1.82) is 0 Å². The Labute approximate surface area is 114 Å². The normalized spacial score (nSPS) is 29.4. The molecule has 0 spiro atoms. The molecular formula is C12H16N2O6. The van der Waals surface area contributed by atoms with Crippen LogP contribution in [-0.4, -0.2) is 51.4 Å². The van der Waals surface area contributed by atoms with Crippen LogP contribution in [0.3, 0.4) is 0 Å². The van der Waals surface area contributed by atoms with E-state index in [2.05, 4.69) is 5.32 Å². The van der Waals surface area contributed by atoms with E-state index in [0.29, 0.717) is 11.3 Å². The molecule has 1 heterocycles. The number of aryl methyl sites for hydroxylation is 1. The van der Waals surface area contributed by atoms with Gasteiger partial charge in [-0.2, -0.15) is 0 Å². The van der Waals surface area contributed by atoms with Gasteiger partial charge in [0, 0.05) is 17.8 Å². The van der Waals surface area contributed by atoms with Crippen molar-refractivity contribution in [2.45, 2.75) is 31.5 Å². The molecule has 2 rings (SSSR count). The molecule has 0 amide bonds. The number of rotatable bonds is 4. The quantitative estimate of drug-likeness (QED) is 0.444. The number of benzene rings is 1. The molecule has 0 aromatic heterocycles. The number of hydrogen-bond acceptors (Lipinski definition) is 7. The van der Waals surface area contributed by atoms with Gasteiger partial charge < -0.3 is 25.4 Å². The summed E-state index contributed by atoms with van der Waals surface area (Å²) in [4.78, 5) is 10.1. The minimum absolute atomic E-state index is 0.0331. The predicted molar refractivity (Wildman–Crippen MR) is 69.2 cm³/mol. The molecule has 4 atom stereocenters. The van der Waals surface area contributed by atoms with Gasteiger partial charge in [0.25, 0.3) is 5.69 Å². The Morgan fingerprint density at radius 1 is 1.40 bits per heavy atom. The van der Waals surface area contributed by atoms with Crippen LogP contribution in [0.4, 0.5) is 11.4 Å². The van der Waals surface area contributed by atoms with Gasteiger partial charge in [-0.1, -0.05) is 0 Å². The number of ether oxygens (including phenoxy) is 1. The van der Waals surface area contributed by atoms with Crippen LogP contribution in [0, 0.1) is 17.0 Å². The van der Waals surface area contributed by atoms with E-state index in [9.17, 15) is 20.3 Å². The lowest BCUT2D eigenvalue weighted by Crippen LogP contribution is -2.36. The summed E-state index contributed by atoms with van der Waals surface area (Å²) in [6.45, 7) is 1.27. The first-order valence-electron chi connectivity index (χ1n) is 6.08. The van der Waals surface area contributed by atoms with Crippen LogP contribution >= 0.6 is 0 Å². The average molecular weight is 284 g/mol. The summed E-state index contributed by atoms with van der Waals surface area (Å²) in [6, 6.07) is 4.22. The third-order valence-corrected chi connectivity index (χ3v) is 3.26. The Morgan fingerprint density at radius 2 is 2.10 bits per heavy atom. The molecule has 110 valence electrons. The van der Waals surface area contributed by atoms with Gasteiger partial charge in [-0.05, 0) is 18.6 Å². The number of hydrogen-bond donors (Lipinski definition) is 4. The molecular weight excluding hydrogens is 268 g/mol. The lowest BCUT2D eigenvalue weighted by Gasteiger charge is -2.19. The molecule has 8 nitrogen and oxygen atoms in total. The molecule has 1 saturated heterocycles. The minimum atomic E-state index is -1.19. The maximum absolute atomic E-state index is 10.6. The Balaban J connectivity index is 2.13. The molecule has 4 N–H and O–H groups in total. The van der Waals surface area contributed by atoms with Crippen molar-refractivity contribution in [2.24, 2.45) is 0 Å². The van der Waals surface area contributed by atoms with E-state index in [-0.39, 0.29) is 5.69 Å². The van der Waals surface area contributed by atoms with Crippen molar-refractivity contribution in [2.75, 3.05) is 11.9 Å². The highest BCUT2D eigenvalue weighted by molar-refractivity contribution is 5.55. The standard InChI is InChI=1S/C12H16N2O6/c1-6-4-7(14(18)19)2-3-8(6)13-12-11(17)10(16)9(5-15)20-12/h2-4,9-13,15-17H,5H2,1H3/t9-,10-,11+,12-/m1/s1. The minimum Gasteiger partial charge on any atom is -0.394 e. The molecule has 1 aromatic carbocycles. The molecule has 0 saturated carbocycles. The number of nitrogens with zero attached hydrogens (tertiary/aromatic N) is 1. The van der Waals surface area contributed by atoms with Crippen LogP contribution in [0.5, 0.6) is 0 Å². The van der Waals surface area contributed by atoms with Crippen molar-refractivity contribution in [1.82, 2.24) is 0 Å². The first kappa shape index (κ1) is 14.7. The van der Waals surface area contributed by atoms with Crippen molar-refractivity contribution < 1.29 is 25.0 Å². The fourth-order valence-corrected chi connectivity index (χ4v) is 2.10. The fraction of sp³-hybridized carbons (Fsp3) is 0.500. The zero-order valence-electron chi connectivity index (χ0n) is 10.8. The van der Waals surface area contributed by atoms with Gasteiger partial charge >= 0.3 is 0 Å². The first-order chi connectivity index (χ1) is 9.43. The Bertz CT molecular complexity index is 509. The van der Waals surface area contributed by atoms with Gasteiger partial charge in [-0.15, -0.1) is 0 Å². The Kier molecular flexibility index (Phi) is 4.19. The van der Waals surface area contributed by atoms with Crippen molar-refractivity contribution in [3.8, 4) is 0 Å². The van der Waals surface area contributed by atoms with Crippen LogP contribution in [0.25, 0.3) is 0 Å². The second-order valence-corrected chi connectivity index (χ2v) is 4.66. The largest absolute Gasteiger partial charge is 0.394 e. The number of nitro groups is 1. The van der Waals surface area contributed by atoms with Gasteiger partial charge in [-0.25, -0.2) is 0 Å². The van der Waals surface area contributed by atoms with Crippen LogP contribution in [-0.2, 0) is 4.74 Å². The predicted octanol–water partition coefficient (Wildman–Crippen LogP) is -0.246. The summed E-state index contributed by atoms with van der Waals surface area (Å²) in [7, 11) is 0. The van der Waals surface area contributed by atoms with E-state index in [1.54, 1.807) is 6.92 Å². The van der Waals surface area contributed by atoms with E-state index < -0.39 is 36.1 Å². The van der Waals surface area contributed by atoms with E-state index in [4.69, 9.17) is 9.84 Å². The third-order valence-electron chi connectivity index (χ3n) is 3.26. The van der Waals surface area contributed by atoms with Gasteiger partial charge in [0.2, 0.25) is 0 Å². The second kappa shape index (κ2) is 5.71. The fourth-order valence-electron chi connectivity index (χ4n) is 2.10. The zero-order valence-corrected chi connectivity index (χ0v) is 10.8. The Hall–Kier alpha value is -1.74. The summed E-state index contributed by atoms with van der Waals surface area (Å²) in [5.41, 5.74) is 1.12. The summed E-state index contributed by atoms with van der Waals surface area (Å²) >= 11 is 0. The monoisotopic (exact) mass is 284 g/mol. The molecule has 1 aromatic rings. The summed E-state index contributed by atoms with van der Waals surface area (Å²) < 4.78 is 5.28. The summed E-state index contributed by atoms with van der Waals surface area (Å²) in [6.07, 6.45) is -4.12. The molecule has 0 bridgehead atoms. The number of aliphatic hydroxyl groups is 3. The lowest BCUT2D eigenvalue weighted by molar-refractivity contribution is -0.384.